The zero-order valence-corrected chi connectivity index (χ0v) is 9.45. The summed E-state index contributed by atoms with van der Waals surface area (Å²) in [5.41, 5.74) is 7.76. The molecule has 0 aliphatic carbocycles. The van der Waals surface area contributed by atoms with E-state index in [1.807, 2.05) is 24.5 Å². The van der Waals surface area contributed by atoms with Crippen molar-refractivity contribution in [2.45, 2.75) is 6.54 Å². The van der Waals surface area contributed by atoms with Crippen LogP contribution in [-0.2, 0) is 6.54 Å². The molecule has 0 aliphatic heterocycles. The maximum absolute atomic E-state index is 5.63. The van der Waals surface area contributed by atoms with Crippen LogP contribution in [0.3, 0.4) is 0 Å². The van der Waals surface area contributed by atoms with Crippen LogP contribution in [-0.4, -0.2) is 9.38 Å². The molecule has 16 heavy (non-hydrogen) atoms. The Morgan fingerprint density at radius 3 is 3.00 bits per heavy atom. The van der Waals surface area contributed by atoms with Crippen molar-refractivity contribution in [3.8, 4) is 10.6 Å². The average molecular weight is 229 g/mol. The zero-order valence-electron chi connectivity index (χ0n) is 8.63. The van der Waals surface area contributed by atoms with Crippen molar-refractivity contribution in [3.63, 3.8) is 0 Å². The van der Waals surface area contributed by atoms with E-state index in [1.54, 1.807) is 11.3 Å². The van der Waals surface area contributed by atoms with E-state index in [-0.39, 0.29) is 0 Å². The SMILES string of the molecule is NCc1ccc(-c2cccc3nccn23)s1. The number of hydrogen-bond donors (Lipinski definition) is 1. The van der Waals surface area contributed by atoms with Crippen LogP contribution in [0.1, 0.15) is 4.88 Å². The highest BCUT2D eigenvalue weighted by Gasteiger charge is 2.05. The maximum atomic E-state index is 5.63. The smallest absolute Gasteiger partial charge is 0.137 e. The number of thiophene rings is 1. The highest BCUT2D eigenvalue weighted by molar-refractivity contribution is 7.15. The molecule has 0 saturated heterocycles. The molecule has 3 aromatic rings. The second-order valence-electron chi connectivity index (χ2n) is 3.54. The van der Waals surface area contributed by atoms with Gasteiger partial charge in [0.15, 0.2) is 0 Å². The first-order valence-electron chi connectivity index (χ1n) is 5.10. The molecule has 80 valence electrons. The van der Waals surface area contributed by atoms with Gasteiger partial charge in [-0.1, -0.05) is 6.07 Å². The lowest BCUT2D eigenvalue weighted by atomic mass is 10.3. The van der Waals surface area contributed by atoms with Crippen LogP contribution in [0, 0.1) is 0 Å². The van der Waals surface area contributed by atoms with Crippen molar-refractivity contribution in [1.82, 2.24) is 9.38 Å². The van der Waals surface area contributed by atoms with E-state index in [2.05, 4.69) is 27.6 Å². The standard InChI is InChI=1S/C12H11N3S/c13-8-9-4-5-11(16-9)10-2-1-3-12-14-6-7-15(10)12/h1-7H,8,13H2. The molecule has 4 heteroatoms. The summed E-state index contributed by atoms with van der Waals surface area (Å²) in [6.07, 6.45) is 3.79. The molecule has 0 atom stereocenters. The summed E-state index contributed by atoms with van der Waals surface area (Å²) in [5, 5.41) is 0. The van der Waals surface area contributed by atoms with Gasteiger partial charge in [0.2, 0.25) is 0 Å². The molecule has 0 aromatic carbocycles. The van der Waals surface area contributed by atoms with E-state index in [1.165, 1.54) is 15.4 Å². The van der Waals surface area contributed by atoms with Crippen molar-refractivity contribution in [2.24, 2.45) is 5.73 Å². The summed E-state index contributed by atoms with van der Waals surface area (Å²) >= 11 is 1.73. The third kappa shape index (κ3) is 1.43. The Hall–Kier alpha value is -1.65. The summed E-state index contributed by atoms with van der Waals surface area (Å²) in [5.74, 6) is 0. The van der Waals surface area contributed by atoms with Crippen molar-refractivity contribution >= 4 is 17.0 Å². The highest BCUT2D eigenvalue weighted by atomic mass is 32.1. The van der Waals surface area contributed by atoms with E-state index in [0.29, 0.717) is 6.54 Å². The average Bonchev–Trinajstić information content (AvgIpc) is 2.97. The Labute approximate surface area is 97.2 Å². The molecule has 2 N–H and O–H groups in total. The molecule has 0 spiro atoms. The molecule has 3 heterocycles. The summed E-state index contributed by atoms with van der Waals surface area (Å²) in [4.78, 5) is 6.70. The second-order valence-corrected chi connectivity index (χ2v) is 4.70. The van der Waals surface area contributed by atoms with Crippen LogP contribution in [0.4, 0.5) is 0 Å². The highest BCUT2D eigenvalue weighted by Crippen LogP contribution is 2.28. The number of imidazole rings is 1. The molecule has 3 rings (SSSR count). The fourth-order valence-corrected chi connectivity index (χ4v) is 2.68. The summed E-state index contributed by atoms with van der Waals surface area (Å²) in [6, 6.07) is 10.3. The molecular weight excluding hydrogens is 218 g/mol. The van der Waals surface area contributed by atoms with Crippen LogP contribution >= 0.6 is 11.3 Å². The minimum Gasteiger partial charge on any atom is -0.326 e. The van der Waals surface area contributed by atoms with E-state index < -0.39 is 0 Å². The first-order chi connectivity index (χ1) is 7.88. The number of fused-ring (bicyclic) bond motifs is 1. The van der Waals surface area contributed by atoms with Crippen LogP contribution in [0.2, 0.25) is 0 Å². The predicted molar refractivity (Wildman–Crippen MR) is 66.4 cm³/mol. The van der Waals surface area contributed by atoms with Gasteiger partial charge in [-0.05, 0) is 24.3 Å². The van der Waals surface area contributed by atoms with Gasteiger partial charge in [0.05, 0.1) is 10.6 Å². The van der Waals surface area contributed by atoms with Crippen LogP contribution in [0.25, 0.3) is 16.2 Å². The molecule has 0 saturated carbocycles. The number of nitrogens with two attached hydrogens (primary N) is 1. The number of pyridine rings is 1. The number of rotatable bonds is 2. The largest absolute Gasteiger partial charge is 0.326 e. The molecular formula is C12H11N3S. The van der Waals surface area contributed by atoms with Gasteiger partial charge in [-0.2, -0.15) is 0 Å². The van der Waals surface area contributed by atoms with Crippen molar-refractivity contribution in [2.75, 3.05) is 0 Å². The first kappa shape index (κ1) is 9.57. The molecule has 0 fully saturated rings. The Bertz CT molecular complexity index is 624. The molecule has 0 unspecified atom stereocenters. The monoisotopic (exact) mass is 229 g/mol. The Morgan fingerprint density at radius 2 is 2.19 bits per heavy atom. The third-order valence-electron chi connectivity index (χ3n) is 2.54. The molecule has 0 bridgehead atoms. The van der Waals surface area contributed by atoms with Crippen molar-refractivity contribution in [1.29, 1.82) is 0 Å². The van der Waals surface area contributed by atoms with E-state index in [9.17, 15) is 0 Å². The van der Waals surface area contributed by atoms with Gasteiger partial charge < -0.3 is 5.73 Å². The van der Waals surface area contributed by atoms with Crippen molar-refractivity contribution in [3.05, 3.63) is 47.6 Å². The van der Waals surface area contributed by atoms with Gasteiger partial charge in [-0.15, -0.1) is 11.3 Å². The van der Waals surface area contributed by atoms with Gasteiger partial charge in [0, 0.05) is 23.8 Å². The number of nitrogens with zero attached hydrogens (tertiary/aromatic N) is 2. The van der Waals surface area contributed by atoms with Gasteiger partial charge in [-0.25, -0.2) is 4.98 Å². The van der Waals surface area contributed by atoms with Gasteiger partial charge in [-0.3, -0.25) is 4.40 Å². The second kappa shape index (κ2) is 3.73. The van der Waals surface area contributed by atoms with Gasteiger partial charge in [0.1, 0.15) is 5.65 Å². The van der Waals surface area contributed by atoms with Crippen molar-refractivity contribution < 1.29 is 0 Å². The minimum atomic E-state index is 0.602. The molecule has 0 amide bonds. The lowest BCUT2D eigenvalue weighted by molar-refractivity contribution is 1.11. The lowest BCUT2D eigenvalue weighted by Crippen LogP contribution is -1.91. The fraction of sp³-hybridized carbons (Fsp3) is 0.0833. The summed E-state index contributed by atoms with van der Waals surface area (Å²) < 4.78 is 2.09. The third-order valence-corrected chi connectivity index (χ3v) is 3.67. The van der Waals surface area contributed by atoms with E-state index in [0.717, 1.165) is 5.65 Å². The summed E-state index contributed by atoms with van der Waals surface area (Å²) in [6.45, 7) is 0.602. The van der Waals surface area contributed by atoms with E-state index in [4.69, 9.17) is 5.73 Å². The first-order valence-corrected chi connectivity index (χ1v) is 5.91. The topological polar surface area (TPSA) is 43.3 Å². The predicted octanol–water partition coefficient (Wildman–Crippen LogP) is 2.52. The molecule has 0 radical (unpaired) electrons. The fourth-order valence-electron chi connectivity index (χ4n) is 1.77. The van der Waals surface area contributed by atoms with Gasteiger partial charge in [0.25, 0.3) is 0 Å². The Kier molecular flexibility index (Phi) is 2.23. The van der Waals surface area contributed by atoms with Crippen LogP contribution in [0.5, 0.6) is 0 Å². The Balaban J connectivity index is 2.21. The molecule has 0 aliphatic rings. The normalized spacial score (nSPS) is 11.1. The number of aromatic nitrogens is 2. The summed E-state index contributed by atoms with van der Waals surface area (Å²) in [7, 11) is 0. The quantitative estimate of drug-likeness (QED) is 0.733. The molecule has 3 nitrogen and oxygen atoms in total. The maximum Gasteiger partial charge on any atom is 0.137 e. The van der Waals surface area contributed by atoms with Crippen LogP contribution < -0.4 is 5.73 Å². The van der Waals surface area contributed by atoms with Crippen LogP contribution in [0.15, 0.2) is 42.7 Å². The zero-order chi connectivity index (χ0) is 11.0. The minimum absolute atomic E-state index is 0.602. The molecule has 3 aromatic heterocycles. The Morgan fingerprint density at radius 1 is 1.25 bits per heavy atom. The van der Waals surface area contributed by atoms with Gasteiger partial charge >= 0.3 is 0 Å². The number of hydrogen-bond acceptors (Lipinski definition) is 3. The van der Waals surface area contributed by atoms with E-state index >= 15 is 0 Å². The lowest BCUT2D eigenvalue weighted by Gasteiger charge is -2.01.